The number of nitrogens with zero attached hydrogens (tertiary/aromatic N) is 2. The minimum absolute atomic E-state index is 0.439. The molecule has 0 unspecified atom stereocenters. The lowest BCUT2D eigenvalue weighted by Gasteiger charge is -2.13. The molecule has 4 heteroatoms. The van der Waals surface area contributed by atoms with Gasteiger partial charge >= 0.3 is 0 Å². The summed E-state index contributed by atoms with van der Waals surface area (Å²) in [6.07, 6.45) is 3.89. The highest BCUT2D eigenvalue weighted by molar-refractivity contribution is 7.13. The van der Waals surface area contributed by atoms with E-state index >= 15 is 0 Å². The van der Waals surface area contributed by atoms with Crippen molar-refractivity contribution in [1.29, 1.82) is 0 Å². The predicted molar refractivity (Wildman–Crippen MR) is 53.3 cm³/mol. The van der Waals surface area contributed by atoms with Crippen LogP contribution in [0.15, 0.2) is 5.38 Å². The van der Waals surface area contributed by atoms with Gasteiger partial charge in [-0.15, -0.1) is 11.3 Å². The topological polar surface area (TPSA) is 33.2 Å². The molecule has 0 aromatic carbocycles. The molecule has 0 amide bonds. The quantitative estimate of drug-likeness (QED) is 0.684. The van der Waals surface area contributed by atoms with Crippen molar-refractivity contribution in [2.75, 3.05) is 11.9 Å². The summed E-state index contributed by atoms with van der Waals surface area (Å²) >= 11 is 1.62. The average Bonchev–Trinajstić information content (AvgIpc) is 2.87. The lowest BCUT2D eigenvalue weighted by atomic mass is 10.4. The minimum Gasteiger partial charge on any atom is -0.348 e. The summed E-state index contributed by atoms with van der Waals surface area (Å²) in [6, 6.07) is 0.690. The molecule has 2 rings (SSSR count). The second-order valence-corrected chi connectivity index (χ2v) is 4.17. The van der Waals surface area contributed by atoms with E-state index in [4.69, 9.17) is 0 Å². The summed E-state index contributed by atoms with van der Waals surface area (Å²) in [6.45, 7) is 0. The van der Waals surface area contributed by atoms with Crippen LogP contribution in [0, 0.1) is 0 Å². The zero-order chi connectivity index (χ0) is 9.26. The van der Waals surface area contributed by atoms with Gasteiger partial charge in [0.05, 0.1) is 5.69 Å². The van der Waals surface area contributed by atoms with Crippen LogP contribution in [0.3, 0.4) is 0 Å². The SMILES string of the molecule is CN(c1nc(CC=O)cs1)C1CC1. The molecule has 1 aliphatic carbocycles. The van der Waals surface area contributed by atoms with Gasteiger partial charge in [-0.3, -0.25) is 0 Å². The van der Waals surface area contributed by atoms with Gasteiger partial charge in [-0.2, -0.15) is 0 Å². The van der Waals surface area contributed by atoms with Gasteiger partial charge in [-0.05, 0) is 12.8 Å². The summed E-state index contributed by atoms with van der Waals surface area (Å²) < 4.78 is 0. The molecule has 0 N–H and O–H groups in total. The Kier molecular flexibility index (Phi) is 2.31. The smallest absolute Gasteiger partial charge is 0.185 e. The summed E-state index contributed by atoms with van der Waals surface area (Å²) in [4.78, 5) is 16.8. The number of hydrogen-bond acceptors (Lipinski definition) is 4. The Labute approximate surface area is 81.4 Å². The van der Waals surface area contributed by atoms with Crippen molar-refractivity contribution in [1.82, 2.24) is 4.98 Å². The van der Waals surface area contributed by atoms with Crippen LogP contribution in [0.5, 0.6) is 0 Å². The minimum atomic E-state index is 0.439. The molecule has 1 aromatic rings. The number of rotatable bonds is 4. The Morgan fingerprint density at radius 1 is 1.77 bits per heavy atom. The van der Waals surface area contributed by atoms with Crippen molar-refractivity contribution >= 4 is 22.8 Å². The summed E-state index contributed by atoms with van der Waals surface area (Å²) in [5.41, 5.74) is 0.891. The molecule has 0 radical (unpaired) electrons. The second-order valence-electron chi connectivity index (χ2n) is 3.33. The molecule has 1 aromatic heterocycles. The first-order chi connectivity index (χ1) is 6.31. The molecule has 3 nitrogen and oxygen atoms in total. The molecule has 0 saturated heterocycles. The molecule has 1 saturated carbocycles. The van der Waals surface area contributed by atoms with Crippen LogP contribution in [0.25, 0.3) is 0 Å². The molecule has 0 atom stereocenters. The third kappa shape index (κ3) is 1.88. The number of hydrogen-bond donors (Lipinski definition) is 0. The number of aldehydes is 1. The van der Waals surface area contributed by atoms with E-state index in [1.54, 1.807) is 11.3 Å². The van der Waals surface area contributed by atoms with Crippen LogP contribution in [-0.2, 0) is 11.2 Å². The van der Waals surface area contributed by atoms with Crippen molar-refractivity contribution < 1.29 is 4.79 Å². The average molecular weight is 196 g/mol. The fourth-order valence-electron chi connectivity index (χ4n) is 1.26. The Morgan fingerprint density at radius 3 is 3.15 bits per heavy atom. The molecule has 1 fully saturated rings. The van der Waals surface area contributed by atoms with Gasteiger partial charge in [-0.1, -0.05) is 0 Å². The predicted octanol–water partition coefficient (Wildman–Crippen LogP) is 1.48. The van der Waals surface area contributed by atoms with Crippen molar-refractivity contribution in [3.63, 3.8) is 0 Å². The van der Waals surface area contributed by atoms with Crippen molar-refractivity contribution in [2.45, 2.75) is 25.3 Å². The Morgan fingerprint density at radius 2 is 2.54 bits per heavy atom. The third-order valence-corrected chi connectivity index (χ3v) is 3.21. The highest BCUT2D eigenvalue weighted by atomic mass is 32.1. The first-order valence-corrected chi connectivity index (χ1v) is 5.30. The van der Waals surface area contributed by atoms with Gasteiger partial charge in [0.1, 0.15) is 6.29 Å². The first-order valence-electron chi connectivity index (χ1n) is 4.42. The summed E-state index contributed by atoms with van der Waals surface area (Å²) in [5.74, 6) is 0. The van der Waals surface area contributed by atoms with Gasteiger partial charge in [0.25, 0.3) is 0 Å². The highest BCUT2D eigenvalue weighted by Crippen LogP contribution is 2.31. The van der Waals surface area contributed by atoms with E-state index in [2.05, 4.69) is 16.9 Å². The maximum absolute atomic E-state index is 10.3. The largest absolute Gasteiger partial charge is 0.348 e. The standard InChI is InChI=1S/C9H12N2OS/c1-11(8-2-3-8)9-10-7(4-5-12)6-13-9/h5-6,8H,2-4H2,1H3. The van der Waals surface area contributed by atoms with Crippen LogP contribution in [-0.4, -0.2) is 24.4 Å². The number of aromatic nitrogens is 1. The molecular weight excluding hydrogens is 184 g/mol. The van der Waals surface area contributed by atoms with Crippen molar-refractivity contribution in [3.05, 3.63) is 11.1 Å². The molecule has 0 bridgehead atoms. The van der Waals surface area contributed by atoms with Crippen molar-refractivity contribution in [2.24, 2.45) is 0 Å². The maximum atomic E-state index is 10.3. The number of thiazole rings is 1. The van der Waals surface area contributed by atoms with Gasteiger partial charge in [-0.25, -0.2) is 4.98 Å². The van der Waals surface area contributed by atoms with Crippen LogP contribution in [0.2, 0.25) is 0 Å². The Hall–Kier alpha value is -0.900. The Bertz CT molecular complexity index is 306. The molecule has 13 heavy (non-hydrogen) atoms. The van der Waals surface area contributed by atoms with Crippen molar-refractivity contribution in [3.8, 4) is 0 Å². The molecule has 0 aliphatic heterocycles. The maximum Gasteiger partial charge on any atom is 0.185 e. The van der Waals surface area contributed by atoms with E-state index in [1.165, 1.54) is 12.8 Å². The number of carbonyl (C=O) groups excluding carboxylic acids is 1. The fraction of sp³-hybridized carbons (Fsp3) is 0.556. The summed E-state index contributed by atoms with van der Waals surface area (Å²) in [5, 5.41) is 3.00. The molecule has 1 aliphatic rings. The third-order valence-electron chi connectivity index (χ3n) is 2.23. The van der Waals surface area contributed by atoms with Crippen LogP contribution >= 0.6 is 11.3 Å². The molecular formula is C9H12N2OS. The van der Waals surface area contributed by atoms with E-state index in [9.17, 15) is 4.79 Å². The zero-order valence-electron chi connectivity index (χ0n) is 7.56. The Balaban J connectivity index is 2.06. The number of anilines is 1. The normalized spacial score (nSPS) is 15.8. The second kappa shape index (κ2) is 3.46. The van der Waals surface area contributed by atoms with E-state index < -0.39 is 0 Å². The first kappa shape index (κ1) is 8.69. The van der Waals surface area contributed by atoms with E-state index in [1.807, 2.05) is 5.38 Å². The molecule has 70 valence electrons. The van der Waals surface area contributed by atoms with Crippen LogP contribution in [0.1, 0.15) is 18.5 Å². The van der Waals surface area contributed by atoms with E-state index in [0.29, 0.717) is 12.5 Å². The van der Waals surface area contributed by atoms with Gasteiger partial charge in [0.15, 0.2) is 5.13 Å². The fourth-order valence-corrected chi connectivity index (χ4v) is 2.13. The van der Waals surface area contributed by atoms with Gasteiger partial charge in [0, 0.05) is 24.9 Å². The molecule has 0 spiro atoms. The lowest BCUT2D eigenvalue weighted by molar-refractivity contribution is -0.107. The van der Waals surface area contributed by atoms with Gasteiger partial charge < -0.3 is 9.69 Å². The number of carbonyl (C=O) groups is 1. The zero-order valence-corrected chi connectivity index (χ0v) is 8.38. The monoisotopic (exact) mass is 196 g/mol. The van der Waals surface area contributed by atoms with Crippen LogP contribution in [0.4, 0.5) is 5.13 Å². The van der Waals surface area contributed by atoms with E-state index in [0.717, 1.165) is 17.1 Å². The highest BCUT2D eigenvalue weighted by Gasteiger charge is 2.27. The van der Waals surface area contributed by atoms with E-state index in [-0.39, 0.29) is 0 Å². The van der Waals surface area contributed by atoms with Crippen LogP contribution < -0.4 is 4.90 Å². The summed E-state index contributed by atoms with van der Waals surface area (Å²) in [7, 11) is 2.07. The molecule has 1 heterocycles. The lowest BCUT2D eigenvalue weighted by Crippen LogP contribution is -2.19. The van der Waals surface area contributed by atoms with Gasteiger partial charge in [0.2, 0.25) is 0 Å².